The maximum Gasteiger partial charge on any atom is 0.259 e. The summed E-state index contributed by atoms with van der Waals surface area (Å²) in [5.41, 5.74) is 4.70. The Morgan fingerprint density at radius 1 is 1.04 bits per heavy atom. The van der Waals surface area contributed by atoms with Crippen molar-refractivity contribution < 1.29 is 19.1 Å². The van der Waals surface area contributed by atoms with Gasteiger partial charge in [0.15, 0.2) is 0 Å². The molecule has 26 heavy (non-hydrogen) atoms. The fourth-order valence-corrected chi connectivity index (χ4v) is 2.07. The molecule has 0 aliphatic carbocycles. The van der Waals surface area contributed by atoms with E-state index in [1.165, 1.54) is 20.4 Å². The second-order valence-electron chi connectivity index (χ2n) is 5.49. The Bertz CT molecular complexity index is 779. The SMILES string of the molecule is COc1cc(OC)cc(C(=O)NCC(=O)N/N=C\c2ccc(C)cc2)c1. The number of rotatable bonds is 7. The van der Waals surface area contributed by atoms with Gasteiger partial charge < -0.3 is 14.8 Å². The van der Waals surface area contributed by atoms with Crippen LogP contribution in [0.15, 0.2) is 47.6 Å². The van der Waals surface area contributed by atoms with Crippen molar-refractivity contribution in [1.29, 1.82) is 0 Å². The van der Waals surface area contributed by atoms with Crippen molar-refractivity contribution in [3.8, 4) is 11.5 Å². The molecule has 0 atom stereocenters. The number of nitrogens with one attached hydrogen (secondary N) is 2. The second-order valence-corrected chi connectivity index (χ2v) is 5.49. The van der Waals surface area contributed by atoms with E-state index in [1.807, 2.05) is 31.2 Å². The third-order valence-electron chi connectivity index (χ3n) is 3.50. The van der Waals surface area contributed by atoms with E-state index < -0.39 is 11.8 Å². The molecule has 7 heteroatoms. The van der Waals surface area contributed by atoms with Gasteiger partial charge in [0.05, 0.1) is 27.0 Å². The van der Waals surface area contributed by atoms with E-state index in [4.69, 9.17) is 9.47 Å². The summed E-state index contributed by atoms with van der Waals surface area (Å²) in [7, 11) is 2.99. The highest BCUT2D eigenvalue weighted by Crippen LogP contribution is 2.22. The molecule has 0 aromatic heterocycles. The smallest absolute Gasteiger partial charge is 0.259 e. The highest BCUT2D eigenvalue weighted by atomic mass is 16.5. The lowest BCUT2D eigenvalue weighted by atomic mass is 10.2. The maximum atomic E-state index is 12.2. The van der Waals surface area contributed by atoms with Crippen LogP contribution in [0.1, 0.15) is 21.5 Å². The molecule has 0 aliphatic rings. The highest BCUT2D eigenvalue weighted by Gasteiger charge is 2.11. The number of ether oxygens (including phenoxy) is 2. The second kappa shape index (κ2) is 9.22. The first-order valence-corrected chi connectivity index (χ1v) is 7.91. The minimum atomic E-state index is -0.434. The van der Waals surface area contributed by atoms with E-state index in [9.17, 15) is 9.59 Å². The summed E-state index contributed by atoms with van der Waals surface area (Å²) in [6.45, 7) is 1.78. The molecule has 2 N–H and O–H groups in total. The van der Waals surface area contributed by atoms with Crippen LogP contribution in [0.25, 0.3) is 0 Å². The van der Waals surface area contributed by atoms with Crippen molar-refractivity contribution in [3.05, 3.63) is 59.2 Å². The zero-order chi connectivity index (χ0) is 18.9. The highest BCUT2D eigenvalue weighted by molar-refractivity contribution is 5.97. The summed E-state index contributed by atoms with van der Waals surface area (Å²) < 4.78 is 10.2. The van der Waals surface area contributed by atoms with Crippen molar-refractivity contribution in [2.24, 2.45) is 5.10 Å². The molecular weight excluding hydrogens is 334 g/mol. The first-order chi connectivity index (χ1) is 12.5. The van der Waals surface area contributed by atoms with Gasteiger partial charge in [-0.2, -0.15) is 5.10 Å². The summed E-state index contributed by atoms with van der Waals surface area (Å²) in [5.74, 6) is 0.125. The molecule has 2 amide bonds. The molecule has 136 valence electrons. The average molecular weight is 355 g/mol. The van der Waals surface area contributed by atoms with Crippen LogP contribution in [0.3, 0.4) is 0 Å². The average Bonchev–Trinajstić information content (AvgIpc) is 2.67. The fourth-order valence-electron chi connectivity index (χ4n) is 2.07. The van der Waals surface area contributed by atoms with Crippen molar-refractivity contribution in [2.45, 2.75) is 6.92 Å². The third-order valence-corrected chi connectivity index (χ3v) is 3.50. The van der Waals surface area contributed by atoms with E-state index in [1.54, 1.807) is 18.2 Å². The standard InChI is InChI=1S/C19H21N3O4/c1-13-4-6-14(7-5-13)11-21-22-18(23)12-20-19(24)15-8-16(25-2)10-17(9-15)26-3/h4-11H,12H2,1-3H3,(H,20,24)(H,22,23)/b21-11-. The molecule has 2 aromatic carbocycles. The van der Waals surface area contributed by atoms with Gasteiger partial charge in [0.1, 0.15) is 11.5 Å². The molecule has 0 spiro atoms. The Morgan fingerprint density at radius 3 is 2.23 bits per heavy atom. The van der Waals surface area contributed by atoms with Crippen LogP contribution in [0.4, 0.5) is 0 Å². The van der Waals surface area contributed by atoms with Crippen LogP contribution >= 0.6 is 0 Å². The van der Waals surface area contributed by atoms with Gasteiger partial charge in [-0.15, -0.1) is 0 Å². The number of nitrogens with zero attached hydrogens (tertiary/aromatic N) is 1. The molecule has 0 aliphatic heterocycles. The predicted octanol–water partition coefficient (Wildman–Crippen LogP) is 1.89. The lowest BCUT2D eigenvalue weighted by Gasteiger charge is -2.08. The number of aryl methyl sites for hydroxylation is 1. The quantitative estimate of drug-likeness (QED) is 0.586. The largest absolute Gasteiger partial charge is 0.497 e. The van der Waals surface area contributed by atoms with Crippen LogP contribution < -0.4 is 20.2 Å². The lowest BCUT2D eigenvalue weighted by molar-refractivity contribution is -0.120. The van der Waals surface area contributed by atoms with Crippen LogP contribution in [0.5, 0.6) is 11.5 Å². The number of hydrogen-bond donors (Lipinski definition) is 2. The van der Waals surface area contributed by atoms with E-state index in [0.29, 0.717) is 17.1 Å². The summed E-state index contributed by atoms with van der Waals surface area (Å²) >= 11 is 0. The Balaban J connectivity index is 1.86. The van der Waals surface area contributed by atoms with Crippen LogP contribution in [-0.2, 0) is 4.79 Å². The van der Waals surface area contributed by atoms with E-state index in [2.05, 4.69) is 15.8 Å². The molecule has 0 saturated heterocycles. The van der Waals surface area contributed by atoms with Crippen LogP contribution in [0.2, 0.25) is 0 Å². The zero-order valence-corrected chi connectivity index (χ0v) is 14.9. The summed E-state index contributed by atoms with van der Waals surface area (Å²) in [6, 6.07) is 12.5. The van der Waals surface area contributed by atoms with Crippen molar-refractivity contribution in [3.63, 3.8) is 0 Å². The Hall–Kier alpha value is -3.35. The molecule has 0 radical (unpaired) electrons. The minimum Gasteiger partial charge on any atom is -0.497 e. The van der Waals surface area contributed by atoms with Gasteiger partial charge in [-0.25, -0.2) is 5.43 Å². The molecule has 0 bridgehead atoms. The molecule has 2 aromatic rings. The molecule has 0 unspecified atom stereocenters. The minimum absolute atomic E-state index is 0.205. The Kier molecular flexibility index (Phi) is 6.73. The summed E-state index contributed by atoms with van der Waals surface area (Å²) in [4.78, 5) is 24.0. The Morgan fingerprint density at radius 2 is 1.65 bits per heavy atom. The topological polar surface area (TPSA) is 89.0 Å². The van der Waals surface area contributed by atoms with Crippen LogP contribution in [-0.4, -0.2) is 38.8 Å². The zero-order valence-electron chi connectivity index (χ0n) is 14.9. The first-order valence-electron chi connectivity index (χ1n) is 7.91. The molecule has 0 saturated carbocycles. The summed E-state index contributed by atoms with van der Waals surface area (Å²) in [5, 5.41) is 6.38. The molecule has 7 nitrogen and oxygen atoms in total. The molecule has 0 heterocycles. The maximum absolute atomic E-state index is 12.2. The third kappa shape index (κ3) is 5.62. The summed E-state index contributed by atoms with van der Waals surface area (Å²) in [6.07, 6.45) is 1.53. The van der Waals surface area contributed by atoms with Gasteiger partial charge in [-0.05, 0) is 24.6 Å². The van der Waals surface area contributed by atoms with Gasteiger partial charge in [0.2, 0.25) is 0 Å². The number of amides is 2. The van der Waals surface area contributed by atoms with Gasteiger partial charge in [-0.3, -0.25) is 9.59 Å². The number of methoxy groups -OCH3 is 2. The Labute approximate surface area is 152 Å². The van der Waals surface area contributed by atoms with E-state index >= 15 is 0 Å². The molecule has 2 rings (SSSR count). The van der Waals surface area contributed by atoms with Gasteiger partial charge >= 0.3 is 0 Å². The lowest BCUT2D eigenvalue weighted by Crippen LogP contribution is -2.34. The van der Waals surface area contributed by atoms with E-state index in [-0.39, 0.29) is 6.54 Å². The van der Waals surface area contributed by atoms with Gasteiger partial charge in [0.25, 0.3) is 11.8 Å². The number of carbonyl (C=O) groups is 2. The molecular formula is C19H21N3O4. The van der Waals surface area contributed by atoms with Crippen molar-refractivity contribution in [1.82, 2.24) is 10.7 Å². The van der Waals surface area contributed by atoms with Crippen LogP contribution in [0, 0.1) is 6.92 Å². The van der Waals surface area contributed by atoms with Crippen molar-refractivity contribution >= 4 is 18.0 Å². The number of carbonyl (C=O) groups excluding carboxylic acids is 2. The van der Waals surface area contributed by atoms with Gasteiger partial charge in [0, 0.05) is 11.6 Å². The van der Waals surface area contributed by atoms with Crippen molar-refractivity contribution in [2.75, 3.05) is 20.8 Å². The molecule has 0 fully saturated rings. The first kappa shape index (κ1) is 19.0. The normalized spacial score (nSPS) is 10.4. The number of benzene rings is 2. The van der Waals surface area contributed by atoms with Gasteiger partial charge in [-0.1, -0.05) is 29.8 Å². The monoisotopic (exact) mass is 355 g/mol. The predicted molar refractivity (Wildman–Crippen MR) is 98.8 cm³/mol. The number of hydrogen-bond acceptors (Lipinski definition) is 5. The fraction of sp³-hybridized carbons (Fsp3) is 0.211. The van der Waals surface area contributed by atoms with E-state index in [0.717, 1.165) is 11.1 Å². The number of hydrazone groups is 1.